The normalized spacial score (nSPS) is 9.64. The highest BCUT2D eigenvalue weighted by molar-refractivity contribution is 14.1. The van der Waals surface area contributed by atoms with Crippen LogP contribution in [0.2, 0.25) is 5.15 Å². The molecule has 0 aliphatic rings. The van der Waals surface area contributed by atoms with Crippen LogP contribution in [-0.2, 0) is 0 Å². The van der Waals surface area contributed by atoms with Crippen molar-refractivity contribution in [2.24, 2.45) is 0 Å². The van der Waals surface area contributed by atoms with E-state index in [1.807, 2.05) is 22.6 Å². The third-order valence-electron chi connectivity index (χ3n) is 0.932. The maximum Gasteiger partial charge on any atom is 0.366 e. The van der Waals surface area contributed by atoms with Crippen LogP contribution in [0.4, 0.5) is 5.82 Å². The van der Waals surface area contributed by atoms with Gasteiger partial charge in [0.15, 0.2) is 0 Å². The van der Waals surface area contributed by atoms with Gasteiger partial charge in [-0.15, -0.1) is 0 Å². The van der Waals surface area contributed by atoms with Crippen LogP contribution in [0.3, 0.4) is 0 Å². The SMILES string of the molecule is O=[N+]([O-])c1cc(I)cc(Cl)n1. The van der Waals surface area contributed by atoms with Crippen LogP contribution >= 0.6 is 34.2 Å². The van der Waals surface area contributed by atoms with Crippen molar-refractivity contribution in [2.45, 2.75) is 0 Å². The molecule has 1 heterocycles. The minimum Gasteiger partial charge on any atom is -0.358 e. The first kappa shape index (κ1) is 8.66. The van der Waals surface area contributed by atoms with Crippen LogP contribution in [0, 0.1) is 13.7 Å². The van der Waals surface area contributed by atoms with Crippen LogP contribution in [0.5, 0.6) is 0 Å². The molecule has 0 bridgehead atoms. The molecular formula is C5H2ClIN2O2. The molecule has 6 heteroatoms. The van der Waals surface area contributed by atoms with Crippen molar-refractivity contribution in [1.82, 2.24) is 4.98 Å². The van der Waals surface area contributed by atoms with Gasteiger partial charge in [-0.2, -0.15) is 0 Å². The Bertz CT molecular complexity index is 284. The highest BCUT2D eigenvalue weighted by Crippen LogP contribution is 2.17. The summed E-state index contributed by atoms with van der Waals surface area (Å²) < 4.78 is 0.703. The summed E-state index contributed by atoms with van der Waals surface area (Å²) in [6.07, 6.45) is 0. The molecule has 58 valence electrons. The topological polar surface area (TPSA) is 56.0 Å². The van der Waals surface area contributed by atoms with E-state index in [2.05, 4.69) is 4.98 Å². The Kier molecular flexibility index (Phi) is 2.61. The molecule has 0 aliphatic heterocycles. The van der Waals surface area contributed by atoms with Crippen LogP contribution in [0.1, 0.15) is 0 Å². The molecule has 0 amide bonds. The first-order valence-corrected chi connectivity index (χ1v) is 4.03. The zero-order chi connectivity index (χ0) is 8.43. The monoisotopic (exact) mass is 284 g/mol. The zero-order valence-electron chi connectivity index (χ0n) is 5.12. The number of halogens is 2. The number of rotatable bonds is 1. The van der Waals surface area contributed by atoms with E-state index in [0.717, 1.165) is 0 Å². The second-order valence-electron chi connectivity index (χ2n) is 1.72. The summed E-state index contributed by atoms with van der Waals surface area (Å²) >= 11 is 7.41. The maximum absolute atomic E-state index is 10.2. The third kappa shape index (κ3) is 2.26. The summed E-state index contributed by atoms with van der Waals surface area (Å²) in [4.78, 5) is 13.1. The average molecular weight is 284 g/mol. The third-order valence-corrected chi connectivity index (χ3v) is 1.75. The molecule has 0 fully saturated rings. The Balaban J connectivity index is 3.19. The molecule has 0 aliphatic carbocycles. The van der Waals surface area contributed by atoms with E-state index in [1.165, 1.54) is 6.07 Å². The molecular weight excluding hydrogens is 282 g/mol. The Morgan fingerprint density at radius 3 is 2.73 bits per heavy atom. The van der Waals surface area contributed by atoms with Crippen molar-refractivity contribution in [2.75, 3.05) is 0 Å². The quantitative estimate of drug-likeness (QED) is 0.344. The van der Waals surface area contributed by atoms with Crippen molar-refractivity contribution in [3.8, 4) is 0 Å². The first-order chi connectivity index (χ1) is 5.09. The van der Waals surface area contributed by atoms with Gasteiger partial charge in [-0.1, -0.05) is 0 Å². The van der Waals surface area contributed by atoms with Crippen molar-refractivity contribution in [1.29, 1.82) is 0 Å². The molecule has 11 heavy (non-hydrogen) atoms. The number of hydrogen-bond donors (Lipinski definition) is 0. The van der Waals surface area contributed by atoms with Gasteiger partial charge in [0.05, 0.1) is 0 Å². The Morgan fingerprint density at radius 2 is 2.27 bits per heavy atom. The second kappa shape index (κ2) is 3.31. The van der Waals surface area contributed by atoms with Gasteiger partial charge in [-0.05, 0) is 44.1 Å². The largest absolute Gasteiger partial charge is 0.366 e. The average Bonchev–Trinajstić information content (AvgIpc) is 1.85. The highest BCUT2D eigenvalue weighted by atomic mass is 127. The van der Waals surface area contributed by atoms with E-state index < -0.39 is 4.92 Å². The summed E-state index contributed by atoms with van der Waals surface area (Å²) in [6.45, 7) is 0. The number of nitro groups is 1. The van der Waals surface area contributed by atoms with Gasteiger partial charge >= 0.3 is 5.82 Å². The van der Waals surface area contributed by atoms with E-state index in [9.17, 15) is 10.1 Å². The summed E-state index contributed by atoms with van der Waals surface area (Å²) in [7, 11) is 0. The zero-order valence-corrected chi connectivity index (χ0v) is 8.03. The molecule has 0 aromatic carbocycles. The van der Waals surface area contributed by atoms with E-state index in [0.29, 0.717) is 3.57 Å². The van der Waals surface area contributed by atoms with E-state index in [-0.39, 0.29) is 11.0 Å². The summed E-state index contributed by atoms with van der Waals surface area (Å²) in [6, 6.07) is 2.90. The molecule has 0 radical (unpaired) electrons. The number of pyridine rings is 1. The predicted molar refractivity (Wildman–Crippen MR) is 48.6 cm³/mol. The molecule has 0 saturated carbocycles. The smallest absolute Gasteiger partial charge is 0.358 e. The summed E-state index contributed by atoms with van der Waals surface area (Å²) in [5.74, 6) is -0.220. The predicted octanol–water partition coefficient (Wildman–Crippen LogP) is 2.25. The van der Waals surface area contributed by atoms with Gasteiger partial charge in [0.1, 0.15) is 0 Å². The number of aromatic nitrogens is 1. The standard InChI is InChI=1S/C5H2ClIN2O2/c6-4-1-3(7)2-5(8-4)9(10)11/h1-2H. The number of hydrogen-bond acceptors (Lipinski definition) is 3. The first-order valence-electron chi connectivity index (χ1n) is 2.57. The molecule has 1 aromatic rings. The second-order valence-corrected chi connectivity index (χ2v) is 3.36. The molecule has 0 saturated heterocycles. The van der Waals surface area contributed by atoms with Crippen LogP contribution < -0.4 is 0 Å². The maximum atomic E-state index is 10.2. The lowest BCUT2D eigenvalue weighted by molar-refractivity contribution is -0.389. The minimum absolute atomic E-state index is 0.142. The van der Waals surface area contributed by atoms with Crippen LogP contribution in [0.15, 0.2) is 12.1 Å². The highest BCUT2D eigenvalue weighted by Gasteiger charge is 2.09. The van der Waals surface area contributed by atoms with Crippen molar-refractivity contribution in [3.63, 3.8) is 0 Å². The molecule has 4 nitrogen and oxygen atoms in total. The lowest BCUT2D eigenvalue weighted by Gasteiger charge is -1.91. The van der Waals surface area contributed by atoms with Gasteiger partial charge in [-0.25, -0.2) is 0 Å². The van der Waals surface area contributed by atoms with E-state index in [4.69, 9.17) is 11.6 Å². The van der Waals surface area contributed by atoms with E-state index in [1.54, 1.807) is 6.07 Å². The Morgan fingerprint density at radius 1 is 1.64 bits per heavy atom. The van der Waals surface area contributed by atoms with Gasteiger partial charge in [0, 0.05) is 15.7 Å². The van der Waals surface area contributed by atoms with Gasteiger partial charge in [0.2, 0.25) is 5.15 Å². The van der Waals surface area contributed by atoms with Gasteiger partial charge in [0.25, 0.3) is 0 Å². The Hall–Kier alpha value is -0.430. The molecule has 1 aromatic heterocycles. The van der Waals surface area contributed by atoms with Gasteiger partial charge < -0.3 is 10.1 Å². The lowest BCUT2D eigenvalue weighted by atomic mass is 10.5. The molecule has 0 spiro atoms. The van der Waals surface area contributed by atoms with Crippen molar-refractivity contribution < 1.29 is 4.92 Å². The fourth-order valence-corrected chi connectivity index (χ4v) is 1.51. The Labute approximate surface area is 80.9 Å². The van der Waals surface area contributed by atoms with Crippen LogP contribution in [0.25, 0.3) is 0 Å². The molecule has 0 unspecified atom stereocenters. The van der Waals surface area contributed by atoms with Crippen molar-refractivity contribution >= 4 is 40.0 Å². The number of nitrogens with zero attached hydrogens (tertiary/aromatic N) is 2. The van der Waals surface area contributed by atoms with E-state index >= 15 is 0 Å². The van der Waals surface area contributed by atoms with Gasteiger partial charge in [-0.3, -0.25) is 0 Å². The molecule has 0 atom stereocenters. The summed E-state index contributed by atoms with van der Waals surface area (Å²) in [5, 5.41) is 10.3. The molecule has 1 rings (SSSR count). The van der Waals surface area contributed by atoms with Crippen LogP contribution in [-0.4, -0.2) is 9.91 Å². The fourth-order valence-electron chi connectivity index (χ4n) is 0.546. The summed E-state index contributed by atoms with van der Waals surface area (Å²) in [5.41, 5.74) is 0. The van der Waals surface area contributed by atoms with Crippen molar-refractivity contribution in [3.05, 3.63) is 31.0 Å². The fraction of sp³-hybridized carbons (Fsp3) is 0. The minimum atomic E-state index is -0.575. The molecule has 0 N–H and O–H groups in total. The lowest BCUT2D eigenvalue weighted by Crippen LogP contribution is -1.92.